The number of anilines is 3. The summed E-state index contributed by atoms with van der Waals surface area (Å²) in [5.41, 5.74) is 1.26. The van der Waals surface area contributed by atoms with E-state index in [4.69, 9.17) is 4.74 Å². The maximum atomic E-state index is 12.8. The lowest BCUT2D eigenvalue weighted by molar-refractivity contribution is 0.0572. The summed E-state index contributed by atoms with van der Waals surface area (Å²) < 4.78 is 6.44. The monoisotopic (exact) mass is 440 g/mol. The average Bonchev–Trinajstić information content (AvgIpc) is 3.10. The normalized spacial score (nSPS) is 18.3. The number of aliphatic hydroxyl groups is 2. The fourth-order valence-electron chi connectivity index (χ4n) is 3.83. The highest BCUT2D eigenvalue weighted by molar-refractivity contribution is 5.99. The van der Waals surface area contributed by atoms with Crippen molar-refractivity contribution >= 4 is 34.3 Å². The van der Waals surface area contributed by atoms with Crippen molar-refractivity contribution in [3.8, 4) is 0 Å². The smallest absolute Gasteiger partial charge is 0.265 e. The molecule has 4 rings (SSSR count). The number of ketones is 1. The standard InChI is InChI=1S/C21H24N6O5/c1-11-14-7-23-21(25-19(14)27(10-32-3)20(31)18(11)12(2)28)24-17-5-4-13(6-22-17)26-8-15(29)16(30)9-26/h4-7,15-16,29-30H,8-10H2,1-3H3,(H,22,23,24,25). The van der Waals surface area contributed by atoms with Crippen LogP contribution in [0.15, 0.2) is 29.3 Å². The molecule has 0 aliphatic carbocycles. The van der Waals surface area contributed by atoms with Gasteiger partial charge in [0.1, 0.15) is 12.5 Å². The number of nitrogens with one attached hydrogen (secondary N) is 1. The highest BCUT2D eigenvalue weighted by atomic mass is 16.5. The third-order valence-corrected chi connectivity index (χ3v) is 5.48. The summed E-state index contributed by atoms with van der Waals surface area (Å²) in [6.45, 7) is 3.65. The van der Waals surface area contributed by atoms with Crippen LogP contribution in [0.25, 0.3) is 11.0 Å². The minimum Gasteiger partial charge on any atom is -0.389 e. The Kier molecular flexibility index (Phi) is 5.87. The Morgan fingerprint density at radius 1 is 1.22 bits per heavy atom. The lowest BCUT2D eigenvalue weighted by atomic mass is 10.0. The lowest BCUT2D eigenvalue weighted by Crippen LogP contribution is -2.29. The number of pyridine rings is 2. The Morgan fingerprint density at radius 3 is 2.53 bits per heavy atom. The van der Waals surface area contributed by atoms with E-state index in [1.165, 1.54) is 18.6 Å². The van der Waals surface area contributed by atoms with Crippen LogP contribution in [0.1, 0.15) is 22.8 Å². The molecule has 1 fully saturated rings. The first-order valence-corrected chi connectivity index (χ1v) is 10.0. The van der Waals surface area contributed by atoms with Crippen LogP contribution in [0.3, 0.4) is 0 Å². The van der Waals surface area contributed by atoms with Gasteiger partial charge in [-0.05, 0) is 31.5 Å². The Bertz CT molecular complexity index is 1220. The molecule has 1 saturated heterocycles. The first-order valence-electron chi connectivity index (χ1n) is 10.0. The molecular weight excluding hydrogens is 416 g/mol. The second kappa shape index (κ2) is 8.61. The van der Waals surface area contributed by atoms with Gasteiger partial charge in [-0.15, -0.1) is 0 Å². The summed E-state index contributed by atoms with van der Waals surface area (Å²) >= 11 is 0. The second-order valence-corrected chi connectivity index (χ2v) is 7.70. The van der Waals surface area contributed by atoms with Crippen LogP contribution in [0.5, 0.6) is 0 Å². The van der Waals surface area contributed by atoms with Crippen molar-refractivity contribution < 1.29 is 19.7 Å². The van der Waals surface area contributed by atoms with Gasteiger partial charge in [-0.1, -0.05) is 0 Å². The largest absolute Gasteiger partial charge is 0.389 e. The number of aromatic nitrogens is 4. The van der Waals surface area contributed by atoms with Crippen LogP contribution < -0.4 is 15.8 Å². The molecule has 0 aromatic carbocycles. The van der Waals surface area contributed by atoms with E-state index in [1.54, 1.807) is 25.4 Å². The minimum atomic E-state index is -0.782. The average molecular weight is 440 g/mol. The van der Waals surface area contributed by atoms with Crippen LogP contribution in [0.2, 0.25) is 0 Å². The number of ether oxygens (including phenoxy) is 1. The SMILES string of the molecule is COCn1c(=O)c(C(C)=O)c(C)c2cnc(Nc3ccc(N4CC(O)C(O)C4)cn3)nc21. The topological polar surface area (TPSA) is 143 Å². The van der Waals surface area contributed by atoms with Crippen LogP contribution in [-0.4, -0.2) is 67.9 Å². The zero-order chi connectivity index (χ0) is 23.0. The molecule has 11 heteroatoms. The molecule has 0 amide bonds. The van der Waals surface area contributed by atoms with E-state index in [1.807, 2.05) is 11.0 Å². The van der Waals surface area contributed by atoms with E-state index in [0.717, 1.165) is 5.69 Å². The zero-order valence-corrected chi connectivity index (χ0v) is 17.9. The van der Waals surface area contributed by atoms with Crippen molar-refractivity contribution in [2.45, 2.75) is 32.8 Å². The molecule has 3 aromatic heterocycles. The maximum Gasteiger partial charge on any atom is 0.265 e. The molecule has 1 aliphatic rings. The Labute approximate surface area is 183 Å². The van der Waals surface area contributed by atoms with Crippen molar-refractivity contribution in [2.75, 3.05) is 30.4 Å². The van der Waals surface area contributed by atoms with E-state index in [9.17, 15) is 19.8 Å². The number of aliphatic hydroxyl groups excluding tert-OH is 2. The van der Waals surface area contributed by atoms with Crippen molar-refractivity contribution in [1.29, 1.82) is 0 Å². The Morgan fingerprint density at radius 2 is 1.94 bits per heavy atom. The van der Waals surface area contributed by atoms with Crippen LogP contribution >= 0.6 is 0 Å². The highest BCUT2D eigenvalue weighted by Crippen LogP contribution is 2.23. The van der Waals surface area contributed by atoms with Crippen LogP contribution in [-0.2, 0) is 11.5 Å². The maximum absolute atomic E-state index is 12.8. The molecular formula is C21H24N6O5. The summed E-state index contributed by atoms with van der Waals surface area (Å²) in [4.78, 5) is 39.8. The molecule has 0 bridgehead atoms. The van der Waals surface area contributed by atoms with Gasteiger partial charge in [0.15, 0.2) is 11.4 Å². The molecule has 4 heterocycles. The Hall–Kier alpha value is -3.41. The zero-order valence-electron chi connectivity index (χ0n) is 17.9. The predicted molar refractivity (Wildman–Crippen MR) is 117 cm³/mol. The molecule has 2 unspecified atom stereocenters. The van der Waals surface area contributed by atoms with E-state index < -0.39 is 17.8 Å². The van der Waals surface area contributed by atoms with Gasteiger partial charge in [-0.25, -0.2) is 9.97 Å². The van der Waals surface area contributed by atoms with Gasteiger partial charge < -0.3 is 25.2 Å². The molecule has 2 atom stereocenters. The summed E-state index contributed by atoms with van der Waals surface area (Å²) in [7, 11) is 1.45. The van der Waals surface area contributed by atoms with E-state index >= 15 is 0 Å². The number of hydrogen-bond acceptors (Lipinski definition) is 10. The third kappa shape index (κ3) is 3.93. The lowest BCUT2D eigenvalue weighted by Gasteiger charge is -2.17. The minimum absolute atomic E-state index is 0.0627. The highest BCUT2D eigenvalue weighted by Gasteiger charge is 2.29. The number of fused-ring (bicyclic) bond motifs is 1. The number of rotatable bonds is 6. The number of carbonyl (C=O) groups excluding carboxylic acids is 1. The van der Waals surface area contributed by atoms with Gasteiger partial charge >= 0.3 is 0 Å². The predicted octanol–water partition coefficient (Wildman–Crippen LogP) is 0.587. The van der Waals surface area contributed by atoms with Gasteiger partial charge in [0, 0.05) is 31.8 Å². The number of aryl methyl sites for hydroxylation is 1. The van der Waals surface area contributed by atoms with Crippen molar-refractivity contribution in [3.63, 3.8) is 0 Å². The van der Waals surface area contributed by atoms with E-state index in [0.29, 0.717) is 35.5 Å². The molecule has 3 N–H and O–H groups in total. The molecule has 1 aliphatic heterocycles. The van der Waals surface area contributed by atoms with Gasteiger partial charge in [0.05, 0.1) is 29.7 Å². The quantitative estimate of drug-likeness (QED) is 0.466. The summed E-state index contributed by atoms with van der Waals surface area (Å²) in [5.74, 6) is 0.374. The fraction of sp³-hybridized carbons (Fsp3) is 0.381. The molecule has 0 radical (unpaired) electrons. The molecule has 11 nitrogen and oxygen atoms in total. The number of hydrogen-bond donors (Lipinski definition) is 3. The molecule has 32 heavy (non-hydrogen) atoms. The molecule has 168 valence electrons. The van der Waals surface area contributed by atoms with Gasteiger partial charge in [0.2, 0.25) is 5.95 Å². The molecule has 0 saturated carbocycles. The fourth-order valence-corrected chi connectivity index (χ4v) is 3.83. The summed E-state index contributed by atoms with van der Waals surface area (Å²) in [6, 6.07) is 3.54. The number of nitrogens with zero attached hydrogens (tertiary/aromatic N) is 5. The van der Waals surface area contributed by atoms with Gasteiger partial charge in [-0.3, -0.25) is 14.2 Å². The number of methoxy groups -OCH3 is 1. The summed E-state index contributed by atoms with van der Waals surface area (Å²) in [6.07, 6.45) is 1.61. The van der Waals surface area contributed by atoms with Gasteiger partial charge in [-0.2, -0.15) is 4.98 Å². The van der Waals surface area contributed by atoms with Gasteiger partial charge in [0.25, 0.3) is 5.56 Å². The Balaban J connectivity index is 1.65. The molecule has 0 spiro atoms. The molecule has 3 aromatic rings. The van der Waals surface area contributed by atoms with Crippen LogP contribution in [0.4, 0.5) is 17.5 Å². The number of β-amino-alcohol motifs (C(OH)–C–C–N with tert-alkyl or cyclic N) is 2. The first kappa shape index (κ1) is 21.8. The van der Waals surface area contributed by atoms with E-state index in [2.05, 4.69) is 20.3 Å². The third-order valence-electron chi connectivity index (χ3n) is 5.48. The van der Waals surface area contributed by atoms with Crippen molar-refractivity contribution in [2.24, 2.45) is 0 Å². The second-order valence-electron chi connectivity index (χ2n) is 7.70. The number of Topliss-reactive ketones (excluding diaryl/α,β-unsaturated/α-hetero) is 1. The number of carbonyl (C=O) groups is 1. The first-order chi connectivity index (χ1) is 15.3. The van der Waals surface area contributed by atoms with Crippen LogP contribution in [0, 0.1) is 6.92 Å². The van der Waals surface area contributed by atoms with E-state index in [-0.39, 0.29) is 24.0 Å². The van der Waals surface area contributed by atoms with Crippen molar-refractivity contribution in [1.82, 2.24) is 19.5 Å². The summed E-state index contributed by atoms with van der Waals surface area (Å²) in [5, 5.41) is 23.0. The van der Waals surface area contributed by atoms with Crippen molar-refractivity contribution in [3.05, 3.63) is 46.0 Å².